The van der Waals surface area contributed by atoms with E-state index in [9.17, 15) is 8.78 Å². The van der Waals surface area contributed by atoms with Crippen LogP contribution in [0.25, 0.3) is 0 Å². The fourth-order valence-corrected chi connectivity index (χ4v) is 1.50. The van der Waals surface area contributed by atoms with E-state index in [4.69, 9.17) is 16.3 Å². The normalized spacial score (nSPS) is 10.3. The van der Waals surface area contributed by atoms with E-state index < -0.39 is 5.82 Å². The molecule has 0 amide bonds. The molecule has 1 nitrogen and oxygen atoms in total. The Hall–Kier alpha value is -1.61. The minimum Gasteiger partial charge on any atom is -0.454 e. The van der Waals surface area contributed by atoms with E-state index in [1.807, 2.05) is 0 Å². The largest absolute Gasteiger partial charge is 0.454 e. The van der Waals surface area contributed by atoms with E-state index in [-0.39, 0.29) is 17.4 Å². The van der Waals surface area contributed by atoms with Crippen LogP contribution in [0.15, 0.2) is 42.5 Å². The summed E-state index contributed by atoms with van der Waals surface area (Å²) in [4.78, 5) is 0. The Kier molecular flexibility index (Phi) is 3.59. The van der Waals surface area contributed by atoms with Crippen molar-refractivity contribution >= 4 is 11.6 Å². The van der Waals surface area contributed by atoms with Crippen molar-refractivity contribution in [3.63, 3.8) is 0 Å². The Morgan fingerprint density at radius 1 is 1.00 bits per heavy atom. The fourth-order valence-electron chi connectivity index (χ4n) is 1.34. The molecule has 0 N–H and O–H groups in total. The van der Waals surface area contributed by atoms with E-state index in [0.29, 0.717) is 5.75 Å². The van der Waals surface area contributed by atoms with Gasteiger partial charge in [-0.1, -0.05) is 6.07 Å². The summed E-state index contributed by atoms with van der Waals surface area (Å²) in [6.07, 6.45) is 0. The zero-order valence-electron chi connectivity index (χ0n) is 8.79. The quantitative estimate of drug-likeness (QED) is 0.733. The van der Waals surface area contributed by atoms with Crippen molar-refractivity contribution in [3.05, 3.63) is 59.7 Å². The molecule has 0 aliphatic heterocycles. The van der Waals surface area contributed by atoms with Crippen molar-refractivity contribution in [2.45, 2.75) is 5.88 Å². The molecule has 0 unspecified atom stereocenters. The third kappa shape index (κ3) is 2.94. The SMILES string of the molecule is Fc1ccc(Oc2cc(CCl)ccc2F)cc1. The van der Waals surface area contributed by atoms with E-state index in [2.05, 4.69) is 0 Å². The highest BCUT2D eigenvalue weighted by Crippen LogP contribution is 2.26. The molecule has 0 atom stereocenters. The molecular weight excluding hydrogens is 246 g/mol. The third-order valence-electron chi connectivity index (χ3n) is 2.19. The van der Waals surface area contributed by atoms with Gasteiger partial charge in [0.05, 0.1) is 0 Å². The molecule has 2 aromatic rings. The van der Waals surface area contributed by atoms with Crippen molar-refractivity contribution in [3.8, 4) is 11.5 Å². The summed E-state index contributed by atoms with van der Waals surface area (Å²) in [5, 5.41) is 0. The van der Waals surface area contributed by atoms with Crippen LogP contribution in [0.4, 0.5) is 8.78 Å². The van der Waals surface area contributed by atoms with Gasteiger partial charge >= 0.3 is 0 Å². The summed E-state index contributed by atoms with van der Waals surface area (Å²) in [6, 6.07) is 9.75. The zero-order chi connectivity index (χ0) is 12.3. The highest BCUT2D eigenvalue weighted by Gasteiger charge is 2.06. The summed E-state index contributed by atoms with van der Waals surface area (Å²) in [5.74, 6) is -0.123. The third-order valence-corrected chi connectivity index (χ3v) is 2.50. The molecule has 17 heavy (non-hydrogen) atoms. The Balaban J connectivity index is 2.25. The summed E-state index contributed by atoms with van der Waals surface area (Å²) >= 11 is 5.65. The maximum atomic E-state index is 13.4. The van der Waals surface area contributed by atoms with Crippen LogP contribution in [0.5, 0.6) is 11.5 Å². The summed E-state index contributed by atoms with van der Waals surface area (Å²) in [6.45, 7) is 0. The van der Waals surface area contributed by atoms with Crippen LogP contribution < -0.4 is 4.74 Å². The molecule has 4 heteroatoms. The second-order valence-corrected chi connectivity index (χ2v) is 3.72. The number of hydrogen-bond donors (Lipinski definition) is 0. The fraction of sp³-hybridized carbons (Fsp3) is 0.0769. The maximum Gasteiger partial charge on any atom is 0.165 e. The number of alkyl halides is 1. The van der Waals surface area contributed by atoms with E-state index in [0.717, 1.165) is 5.56 Å². The van der Waals surface area contributed by atoms with Crippen molar-refractivity contribution in [2.75, 3.05) is 0 Å². The first-order chi connectivity index (χ1) is 8.19. The first-order valence-corrected chi connectivity index (χ1v) is 5.50. The van der Waals surface area contributed by atoms with Crippen LogP contribution in [0.2, 0.25) is 0 Å². The Morgan fingerprint density at radius 2 is 1.71 bits per heavy atom. The Bertz CT molecular complexity index is 511. The van der Waals surface area contributed by atoms with Crippen LogP contribution in [-0.2, 0) is 5.88 Å². The standard InChI is InChI=1S/C13H9ClF2O/c14-8-9-1-6-12(16)13(7-9)17-11-4-2-10(15)3-5-11/h1-7H,8H2. The molecule has 0 aliphatic carbocycles. The highest BCUT2D eigenvalue weighted by atomic mass is 35.5. The molecule has 0 bridgehead atoms. The van der Waals surface area contributed by atoms with Gasteiger partial charge in [-0.3, -0.25) is 0 Å². The van der Waals surface area contributed by atoms with Crippen LogP contribution in [0.1, 0.15) is 5.56 Å². The van der Waals surface area contributed by atoms with Crippen molar-refractivity contribution in [2.24, 2.45) is 0 Å². The average Bonchev–Trinajstić information content (AvgIpc) is 2.35. The molecule has 0 aliphatic rings. The van der Waals surface area contributed by atoms with Gasteiger partial charge in [-0.2, -0.15) is 0 Å². The Morgan fingerprint density at radius 3 is 2.35 bits per heavy atom. The number of hydrogen-bond acceptors (Lipinski definition) is 1. The smallest absolute Gasteiger partial charge is 0.165 e. The summed E-state index contributed by atoms with van der Waals surface area (Å²) < 4.78 is 31.4. The van der Waals surface area contributed by atoms with Crippen LogP contribution in [0, 0.1) is 11.6 Å². The zero-order valence-corrected chi connectivity index (χ0v) is 9.55. The predicted octanol–water partition coefficient (Wildman–Crippen LogP) is 4.50. The van der Waals surface area contributed by atoms with Crippen LogP contribution in [0.3, 0.4) is 0 Å². The van der Waals surface area contributed by atoms with Gasteiger partial charge < -0.3 is 4.74 Å². The van der Waals surface area contributed by atoms with Gasteiger partial charge in [0.25, 0.3) is 0 Å². The van der Waals surface area contributed by atoms with E-state index in [1.165, 1.54) is 36.4 Å². The second-order valence-electron chi connectivity index (χ2n) is 3.45. The lowest BCUT2D eigenvalue weighted by atomic mass is 10.2. The first kappa shape index (κ1) is 11.9. The topological polar surface area (TPSA) is 9.23 Å². The molecule has 0 fully saturated rings. The molecule has 0 spiro atoms. The molecule has 88 valence electrons. The predicted molar refractivity (Wildman–Crippen MR) is 62.4 cm³/mol. The molecule has 0 radical (unpaired) electrons. The molecule has 0 aromatic heterocycles. The van der Waals surface area contributed by atoms with Crippen LogP contribution in [-0.4, -0.2) is 0 Å². The molecule has 0 saturated carbocycles. The van der Waals surface area contributed by atoms with E-state index in [1.54, 1.807) is 6.07 Å². The highest BCUT2D eigenvalue weighted by molar-refractivity contribution is 6.17. The van der Waals surface area contributed by atoms with Gasteiger partial charge in [0, 0.05) is 5.88 Å². The first-order valence-electron chi connectivity index (χ1n) is 4.97. The number of benzene rings is 2. The molecule has 2 rings (SSSR count). The number of ether oxygens (including phenoxy) is 1. The number of halogens is 3. The van der Waals surface area contributed by atoms with Crippen molar-refractivity contribution in [1.29, 1.82) is 0 Å². The molecule has 0 heterocycles. The maximum absolute atomic E-state index is 13.4. The lowest BCUT2D eigenvalue weighted by Crippen LogP contribution is -1.90. The summed E-state index contributed by atoms with van der Waals surface area (Å²) in [5.41, 5.74) is 0.755. The lowest BCUT2D eigenvalue weighted by molar-refractivity contribution is 0.440. The minimum atomic E-state index is -0.483. The van der Waals surface area contributed by atoms with Gasteiger partial charge in [0.15, 0.2) is 11.6 Å². The lowest BCUT2D eigenvalue weighted by Gasteiger charge is -2.07. The second kappa shape index (κ2) is 5.15. The van der Waals surface area contributed by atoms with Gasteiger partial charge in [-0.25, -0.2) is 8.78 Å². The van der Waals surface area contributed by atoms with E-state index >= 15 is 0 Å². The van der Waals surface area contributed by atoms with Crippen LogP contribution >= 0.6 is 11.6 Å². The minimum absolute atomic E-state index is 0.0785. The summed E-state index contributed by atoms with van der Waals surface area (Å²) in [7, 11) is 0. The monoisotopic (exact) mass is 254 g/mol. The van der Waals surface area contributed by atoms with Gasteiger partial charge in [-0.15, -0.1) is 11.6 Å². The molecule has 0 saturated heterocycles. The van der Waals surface area contributed by atoms with Gasteiger partial charge in [0.1, 0.15) is 11.6 Å². The Labute approximate surface area is 103 Å². The molecule has 2 aromatic carbocycles. The molecular formula is C13H9ClF2O. The number of rotatable bonds is 3. The van der Waals surface area contributed by atoms with Gasteiger partial charge in [-0.05, 0) is 42.0 Å². The van der Waals surface area contributed by atoms with Crippen molar-refractivity contribution < 1.29 is 13.5 Å². The average molecular weight is 255 g/mol. The van der Waals surface area contributed by atoms with Gasteiger partial charge in [0.2, 0.25) is 0 Å². The van der Waals surface area contributed by atoms with Crippen molar-refractivity contribution in [1.82, 2.24) is 0 Å².